The third-order valence-electron chi connectivity index (χ3n) is 2.82. The van der Waals surface area contributed by atoms with Crippen molar-refractivity contribution in [1.29, 1.82) is 0 Å². The zero-order chi connectivity index (χ0) is 16.3. The summed E-state index contributed by atoms with van der Waals surface area (Å²) in [5.41, 5.74) is 0.573. The minimum Gasteiger partial charge on any atom is -0.435 e. The maximum atomic E-state index is 13.3. The van der Waals surface area contributed by atoms with Gasteiger partial charge in [-0.05, 0) is 57.4 Å². The topological polar surface area (TPSA) is 43.4 Å². The van der Waals surface area contributed by atoms with E-state index >= 15 is 0 Å². The van der Waals surface area contributed by atoms with Crippen molar-refractivity contribution in [2.45, 2.75) is 6.61 Å². The van der Waals surface area contributed by atoms with E-state index in [9.17, 15) is 22.8 Å². The zero-order valence-electron chi connectivity index (χ0n) is 10.9. The number of Topliss-reactive ketones (excluding diaryl/α,β-unsaturated/α-hetero) is 1. The van der Waals surface area contributed by atoms with Crippen molar-refractivity contribution < 1.29 is 27.5 Å². The molecule has 22 heavy (non-hydrogen) atoms. The van der Waals surface area contributed by atoms with Crippen LogP contribution in [0.5, 0.6) is 5.75 Å². The number of benzene rings is 2. The Morgan fingerprint density at radius 1 is 1.18 bits per heavy atom. The van der Waals surface area contributed by atoms with Crippen LogP contribution < -0.4 is 4.74 Å². The normalized spacial score (nSPS) is 10.6. The molecule has 2 aromatic rings. The highest BCUT2D eigenvalue weighted by molar-refractivity contribution is 9.10. The third kappa shape index (κ3) is 3.54. The molecule has 0 saturated heterocycles. The molecule has 0 heterocycles. The number of ether oxygens (including phenoxy) is 1. The monoisotopic (exact) mass is 372 g/mol. The average molecular weight is 373 g/mol. The predicted molar refractivity (Wildman–Crippen MR) is 76.6 cm³/mol. The SMILES string of the molecule is O=CC(=O)c1ccc(OC(F)F)cc1-c1ccc(F)c(Br)c1. The van der Waals surface area contributed by atoms with Gasteiger partial charge >= 0.3 is 6.61 Å². The molecule has 2 rings (SSSR count). The van der Waals surface area contributed by atoms with Crippen LogP contribution in [0.2, 0.25) is 0 Å². The summed E-state index contributed by atoms with van der Waals surface area (Å²) in [5.74, 6) is -1.51. The second-order valence-electron chi connectivity index (χ2n) is 4.20. The first kappa shape index (κ1) is 16.2. The second-order valence-corrected chi connectivity index (χ2v) is 5.05. The fraction of sp³-hybridized carbons (Fsp3) is 0.0667. The van der Waals surface area contributed by atoms with E-state index in [1.807, 2.05) is 0 Å². The first-order valence-electron chi connectivity index (χ1n) is 5.96. The zero-order valence-corrected chi connectivity index (χ0v) is 12.4. The van der Waals surface area contributed by atoms with E-state index in [2.05, 4.69) is 20.7 Å². The number of carbonyl (C=O) groups excluding carboxylic acids is 2. The number of hydrogen-bond donors (Lipinski definition) is 0. The second kappa shape index (κ2) is 6.74. The fourth-order valence-corrected chi connectivity index (χ4v) is 2.26. The van der Waals surface area contributed by atoms with Crippen LogP contribution in [0.3, 0.4) is 0 Å². The van der Waals surface area contributed by atoms with Crippen LogP contribution in [0, 0.1) is 5.82 Å². The molecule has 0 unspecified atom stereocenters. The molecule has 0 N–H and O–H groups in total. The molecule has 7 heteroatoms. The van der Waals surface area contributed by atoms with E-state index < -0.39 is 18.2 Å². The Kier molecular flexibility index (Phi) is 4.97. The lowest BCUT2D eigenvalue weighted by molar-refractivity contribution is -0.104. The Labute approximate surface area is 131 Å². The van der Waals surface area contributed by atoms with Crippen LogP contribution in [0.25, 0.3) is 11.1 Å². The number of halogens is 4. The highest BCUT2D eigenvalue weighted by Gasteiger charge is 2.16. The molecule has 114 valence electrons. The molecule has 0 amide bonds. The van der Waals surface area contributed by atoms with Crippen LogP contribution >= 0.6 is 15.9 Å². The minimum atomic E-state index is -3.03. The molecule has 0 aliphatic carbocycles. The summed E-state index contributed by atoms with van der Waals surface area (Å²) in [6.07, 6.45) is 0.116. The largest absolute Gasteiger partial charge is 0.435 e. The molecule has 0 radical (unpaired) electrons. The van der Waals surface area contributed by atoms with Crippen LogP contribution in [0.1, 0.15) is 10.4 Å². The standard InChI is InChI=1S/C15H8BrF3O3/c16-12-5-8(1-4-13(12)17)11-6-9(22-15(18)19)2-3-10(11)14(21)7-20/h1-7,15H. The van der Waals surface area contributed by atoms with Gasteiger partial charge < -0.3 is 4.74 Å². The Morgan fingerprint density at radius 3 is 2.50 bits per heavy atom. The summed E-state index contributed by atoms with van der Waals surface area (Å²) < 4.78 is 42.3. The number of ketones is 1. The number of aldehydes is 1. The maximum absolute atomic E-state index is 13.3. The summed E-state index contributed by atoms with van der Waals surface area (Å²) in [5, 5.41) is 0. The number of alkyl halides is 2. The minimum absolute atomic E-state index is 0.00937. The van der Waals surface area contributed by atoms with Gasteiger partial charge in [0.05, 0.1) is 4.47 Å². The van der Waals surface area contributed by atoms with Gasteiger partial charge in [-0.25, -0.2) is 4.39 Å². The molecule has 0 aliphatic heterocycles. The smallest absolute Gasteiger partial charge is 0.387 e. The van der Waals surface area contributed by atoms with Crippen molar-refractivity contribution in [3.8, 4) is 16.9 Å². The molecule has 0 aliphatic rings. The first-order chi connectivity index (χ1) is 10.4. The van der Waals surface area contributed by atoms with Crippen molar-refractivity contribution >= 4 is 28.0 Å². The first-order valence-corrected chi connectivity index (χ1v) is 6.75. The lowest BCUT2D eigenvalue weighted by atomic mass is 9.97. The quantitative estimate of drug-likeness (QED) is 0.448. The highest BCUT2D eigenvalue weighted by atomic mass is 79.9. The molecule has 0 atom stereocenters. The Hall–Kier alpha value is -2.15. The number of carbonyl (C=O) groups is 2. The summed E-state index contributed by atoms with van der Waals surface area (Å²) in [6.45, 7) is -3.03. The van der Waals surface area contributed by atoms with Gasteiger partial charge in [-0.3, -0.25) is 9.59 Å². The molecule has 0 bridgehead atoms. The summed E-state index contributed by atoms with van der Waals surface area (Å²) in [6, 6.07) is 7.45. The van der Waals surface area contributed by atoms with Crippen LogP contribution in [0.15, 0.2) is 40.9 Å². The lowest BCUT2D eigenvalue weighted by Gasteiger charge is -2.11. The van der Waals surface area contributed by atoms with Crippen molar-refractivity contribution in [3.63, 3.8) is 0 Å². The van der Waals surface area contributed by atoms with Gasteiger partial charge in [-0.1, -0.05) is 6.07 Å². The molecule has 0 spiro atoms. The molecule has 0 aromatic heterocycles. The molecular weight excluding hydrogens is 365 g/mol. The summed E-state index contributed by atoms with van der Waals surface area (Å²) >= 11 is 3.00. The van der Waals surface area contributed by atoms with E-state index in [0.717, 1.165) is 12.1 Å². The Balaban J connectivity index is 2.60. The van der Waals surface area contributed by atoms with Gasteiger partial charge in [-0.2, -0.15) is 8.78 Å². The highest BCUT2D eigenvalue weighted by Crippen LogP contribution is 2.31. The molecular formula is C15H8BrF3O3. The third-order valence-corrected chi connectivity index (χ3v) is 3.43. The van der Waals surface area contributed by atoms with Crippen molar-refractivity contribution in [2.24, 2.45) is 0 Å². The van der Waals surface area contributed by atoms with Crippen LogP contribution in [0.4, 0.5) is 13.2 Å². The van der Waals surface area contributed by atoms with E-state index in [0.29, 0.717) is 5.56 Å². The van der Waals surface area contributed by atoms with Crippen LogP contribution in [-0.4, -0.2) is 18.7 Å². The van der Waals surface area contributed by atoms with Gasteiger partial charge in [0.25, 0.3) is 0 Å². The van der Waals surface area contributed by atoms with E-state index in [4.69, 9.17) is 0 Å². The summed E-state index contributed by atoms with van der Waals surface area (Å²) in [7, 11) is 0. The van der Waals surface area contributed by atoms with Crippen LogP contribution in [-0.2, 0) is 4.79 Å². The number of hydrogen-bond acceptors (Lipinski definition) is 3. The van der Waals surface area contributed by atoms with Gasteiger partial charge in [0.15, 0.2) is 6.29 Å². The van der Waals surface area contributed by atoms with E-state index in [1.54, 1.807) is 0 Å². The molecule has 2 aromatic carbocycles. The maximum Gasteiger partial charge on any atom is 0.387 e. The van der Waals surface area contributed by atoms with E-state index in [-0.39, 0.29) is 27.6 Å². The molecule has 0 fully saturated rings. The molecule has 3 nitrogen and oxygen atoms in total. The number of rotatable bonds is 5. The van der Waals surface area contributed by atoms with Gasteiger partial charge in [0, 0.05) is 5.56 Å². The fourth-order valence-electron chi connectivity index (χ4n) is 1.88. The van der Waals surface area contributed by atoms with Gasteiger partial charge in [0.2, 0.25) is 5.78 Å². The average Bonchev–Trinajstić information content (AvgIpc) is 2.48. The summed E-state index contributed by atoms with van der Waals surface area (Å²) in [4.78, 5) is 22.4. The van der Waals surface area contributed by atoms with Gasteiger partial charge in [0.1, 0.15) is 11.6 Å². The van der Waals surface area contributed by atoms with Gasteiger partial charge in [-0.15, -0.1) is 0 Å². The van der Waals surface area contributed by atoms with Crippen molar-refractivity contribution in [2.75, 3.05) is 0 Å². The van der Waals surface area contributed by atoms with Crippen molar-refractivity contribution in [3.05, 3.63) is 52.3 Å². The Morgan fingerprint density at radius 2 is 1.91 bits per heavy atom. The van der Waals surface area contributed by atoms with Crippen molar-refractivity contribution in [1.82, 2.24) is 0 Å². The predicted octanol–water partition coefficient (Wildman–Crippen LogP) is 4.24. The molecule has 0 saturated carbocycles. The van der Waals surface area contributed by atoms with E-state index in [1.165, 1.54) is 24.3 Å². The lowest BCUT2D eigenvalue weighted by Crippen LogP contribution is -2.05. The Bertz CT molecular complexity index is 732.